The number of hydrogen-bond donors (Lipinski definition) is 2. The molecule has 9 nitrogen and oxygen atoms in total. The molecule has 160 valence electrons. The lowest BCUT2D eigenvalue weighted by Crippen LogP contribution is -2.40. The summed E-state index contributed by atoms with van der Waals surface area (Å²) in [5, 5.41) is 1.86. The summed E-state index contributed by atoms with van der Waals surface area (Å²) in [5.41, 5.74) is 5.14. The molecule has 0 spiro atoms. The molecule has 10 heteroatoms. The largest absolute Gasteiger partial charge is 0.452 e. The number of nitrogens with two attached hydrogens (primary N) is 1. The molecular weight excluding hydrogens is 420 g/mol. The van der Waals surface area contributed by atoms with Crippen molar-refractivity contribution >= 4 is 40.8 Å². The van der Waals surface area contributed by atoms with Crippen LogP contribution in [0.2, 0.25) is 0 Å². The zero-order valence-corrected chi connectivity index (χ0v) is 17.4. The van der Waals surface area contributed by atoms with Gasteiger partial charge in [0.15, 0.2) is 12.3 Å². The summed E-state index contributed by atoms with van der Waals surface area (Å²) in [7, 11) is 1.32. The number of amides is 1. The van der Waals surface area contributed by atoms with Gasteiger partial charge in [-0.25, -0.2) is 9.59 Å². The van der Waals surface area contributed by atoms with Crippen LogP contribution in [0.3, 0.4) is 0 Å². The third-order valence-corrected chi connectivity index (χ3v) is 5.21. The van der Waals surface area contributed by atoms with E-state index in [1.165, 1.54) is 24.5 Å². The van der Waals surface area contributed by atoms with E-state index in [0.717, 1.165) is 19.9 Å². The highest BCUT2D eigenvalue weighted by Crippen LogP contribution is 2.16. The molecule has 0 saturated carbocycles. The van der Waals surface area contributed by atoms with Crippen molar-refractivity contribution in [1.82, 2.24) is 9.55 Å². The number of carbonyl (C=O) groups excluding carboxylic acids is 2. The number of esters is 1. The molecule has 0 aliphatic carbocycles. The number of benzene rings is 1. The first-order chi connectivity index (χ1) is 14.9. The summed E-state index contributed by atoms with van der Waals surface area (Å²) in [6.07, 6.45) is 2.78. The molecule has 31 heavy (non-hydrogen) atoms. The zero-order chi connectivity index (χ0) is 22.4. The molecule has 0 aliphatic rings. The fraction of sp³-hybridized carbons (Fsp3) is 0.143. The molecule has 3 aromatic rings. The molecule has 0 saturated heterocycles. The van der Waals surface area contributed by atoms with Gasteiger partial charge in [0, 0.05) is 18.0 Å². The number of thiophene rings is 1. The highest BCUT2D eigenvalue weighted by Gasteiger charge is 2.21. The summed E-state index contributed by atoms with van der Waals surface area (Å²) in [6, 6.07) is 12.7. The highest BCUT2D eigenvalue weighted by atomic mass is 32.1. The van der Waals surface area contributed by atoms with Gasteiger partial charge in [0.2, 0.25) is 0 Å². The van der Waals surface area contributed by atoms with E-state index in [1.807, 2.05) is 23.6 Å². The van der Waals surface area contributed by atoms with Crippen molar-refractivity contribution in [3.8, 4) is 0 Å². The van der Waals surface area contributed by atoms with Crippen LogP contribution in [-0.4, -0.2) is 35.1 Å². The molecular formula is C21H20N4O5S. The second-order valence-corrected chi connectivity index (χ2v) is 7.45. The van der Waals surface area contributed by atoms with Crippen molar-refractivity contribution in [1.29, 1.82) is 0 Å². The Hall–Kier alpha value is -3.92. The predicted molar refractivity (Wildman–Crippen MR) is 119 cm³/mol. The number of aromatic nitrogens is 2. The van der Waals surface area contributed by atoms with Gasteiger partial charge < -0.3 is 15.4 Å². The SMILES string of the molecule is CN(C(=O)COC(=O)/C=C/c1cccs1)c1c(N)n(Cc2ccccc2)c(=O)[nH]c1=O. The molecule has 0 unspecified atom stereocenters. The molecule has 0 bridgehead atoms. The Morgan fingerprint density at radius 3 is 2.61 bits per heavy atom. The van der Waals surface area contributed by atoms with Gasteiger partial charge in [-0.15, -0.1) is 11.3 Å². The maximum absolute atomic E-state index is 12.5. The number of likely N-dealkylation sites (N-methyl/N-ethyl adjacent to an activating group) is 1. The molecule has 3 rings (SSSR count). The van der Waals surface area contributed by atoms with Gasteiger partial charge in [0.1, 0.15) is 5.82 Å². The first-order valence-corrected chi connectivity index (χ1v) is 10.1. The molecule has 0 atom stereocenters. The van der Waals surface area contributed by atoms with E-state index in [0.29, 0.717) is 0 Å². The van der Waals surface area contributed by atoms with E-state index >= 15 is 0 Å². The maximum atomic E-state index is 12.5. The maximum Gasteiger partial charge on any atom is 0.331 e. The van der Waals surface area contributed by atoms with Crippen LogP contribution >= 0.6 is 11.3 Å². The Morgan fingerprint density at radius 2 is 1.94 bits per heavy atom. The van der Waals surface area contributed by atoms with E-state index in [9.17, 15) is 19.2 Å². The molecule has 0 aliphatic heterocycles. The van der Waals surface area contributed by atoms with Crippen molar-refractivity contribution in [2.45, 2.75) is 6.54 Å². The van der Waals surface area contributed by atoms with Crippen LogP contribution in [0.15, 0.2) is 63.5 Å². The molecule has 2 aromatic heterocycles. The lowest BCUT2D eigenvalue weighted by atomic mass is 10.2. The fourth-order valence-corrected chi connectivity index (χ4v) is 3.38. The summed E-state index contributed by atoms with van der Waals surface area (Å²) in [4.78, 5) is 52.9. The molecule has 1 aromatic carbocycles. The predicted octanol–water partition coefficient (Wildman–Crippen LogP) is 1.45. The molecule has 3 N–H and O–H groups in total. The number of carbonyl (C=O) groups is 2. The van der Waals surface area contributed by atoms with Crippen LogP contribution in [-0.2, 0) is 20.9 Å². The second-order valence-electron chi connectivity index (χ2n) is 6.47. The van der Waals surface area contributed by atoms with Gasteiger partial charge >= 0.3 is 11.7 Å². The molecule has 2 heterocycles. The minimum absolute atomic E-state index is 0.111. The highest BCUT2D eigenvalue weighted by molar-refractivity contribution is 7.10. The average Bonchev–Trinajstić information content (AvgIpc) is 3.27. The van der Waals surface area contributed by atoms with Crippen molar-refractivity contribution in [3.05, 3.63) is 85.2 Å². The number of anilines is 2. The number of nitrogens with one attached hydrogen (secondary N) is 1. The van der Waals surface area contributed by atoms with Gasteiger partial charge in [-0.05, 0) is 23.1 Å². The smallest absolute Gasteiger partial charge is 0.331 e. The number of hydrogen-bond acceptors (Lipinski definition) is 7. The van der Waals surface area contributed by atoms with Gasteiger partial charge in [-0.3, -0.25) is 19.1 Å². The molecule has 0 fully saturated rings. The average molecular weight is 440 g/mol. The van der Waals surface area contributed by atoms with Crippen molar-refractivity contribution < 1.29 is 14.3 Å². The van der Waals surface area contributed by atoms with Crippen molar-refractivity contribution in [2.24, 2.45) is 0 Å². The van der Waals surface area contributed by atoms with Gasteiger partial charge in [-0.1, -0.05) is 36.4 Å². The van der Waals surface area contributed by atoms with E-state index in [2.05, 4.69) is 4.98 Å². The zero-order valence-electron chi connectivity index (χ0n) is 16.6. The lowest BCUT2D eigenvalue weighted by Gasteiger charge is -2.20. The van der Waals surface area contributed by atoms with Crippen LogP contribution in [0.5, 0.6) is 0 Å². The van der Waals surface area contributed by atoms with Gasteiger partial charge in [-0.2, -0.15) is 0 Å². The third-order valence-electron chi connectivity index (χ3n) is 4.37. The van der Waals surface area contributed by atoms with Crippen molar-refractivity contribution in [3.63, 3.8) is 0 Å². The Labute approximate surface area is 181 Å². The molecule has 1 amide bonds. The Kier molecular flexibility index (Phi) is 6.83. The van der Waals surface area contributed by atoms with Crippen LogP contribution in [0.1, 0.15) is 10.4 Å². The van der Waals surface area contributed by atoms with Crippen LogP contribution in [0.25, 0.3) is 6.08 Å². The topological polar surface area (TPSA) is 127 Å². The number of ether oxygens (including phenoxy) is 1. The fourth-order valence-electron chi connectivity index (χ4n) is 2.76. The molecule has 0 radical (unpaired) electrons. The van der Waals surface area contributed by atoms with Gasteiger partial charge in [0.25, 0.3) is 11.5 Å². The standard InChI is InChI=1S/C21H20N4O5S/c1-24(16(26)13-30-17(27)10-9-15-8-5-11-31-15)18-19(22)25(21(29)23-20(18)28)12-14-6-3-2-4-7-14/h2-11H,12-13,22H2,1H3,(H,23,28,29)/b10-9+. The monoisotopic (exact) mass is 440 g/mol. The second kappa shape index (κ2) is 9.72. The van der Waals surface area contributed by atoms with Crippen LogP contribution < -0.4 is 21.9 Å². The summed E-state index contributed by atoms with van der Waals surface area (Å²) >= 11 is 1.45. The quantitative estimate of drug-likeness (QED) is 0.423. The van der Waals surface area contributed by atoms with Gasteiger partial charge in [0.05, 0.1) is 6.54 Å². The number of aromatic amines is 1. The number of nitrogen functional groups attached to an aromatic ring is 1. The number of H-pyrrole nitrogens is 1. The minimum Gasteiger partial charge on any atom is -0.452 e. The third kappa shape index (κ3) is 5.37. The van der Waals surface area contributed by atoms with Crippen LogP contribution in [0.4, 0.5) is 11.5 Å². The Bertz CT molecular complexity index is 1210. The lowest BCUT2D eigenvalue weighted by molar-refractivity contribution is -0.142. The van der Waals surface area contributed by atoms with E-state index in [4.69, 9.17) is 10.5 Å². The van der Waals surface area contributed by atoms with Crippen LogP contribution in [0, 0.1) is 0 Å². The normalized spacial score (nSPS) is 10.9. The first-order valence-electron chi connectivity index (χ1n) is 9.18. The van der Waals surface area contributed by atoms with E-state index in [-0.39, 0.29) is 18.1 Å². The van der Waals surface area contributed by atoms with E-state index in [1.54, 1.807) is 30.3 Å². The Balaban J connectivity index is 1.74. The number of rotatable bonds is 7. The summed E-state index contributed by atoms with van der Waals surface area (Å²) in [6.45, 7) is -0.485. The summed E-state index contributed by atoms with van der Waals surface area (Å²) < 4.78 is 6.10. The van der Waals surface area contributed by atoms with Crippen molar-refractivity contribution in [2.75, 3.05) is 24.3 Å². The minimum atomic E-state index is -0.813. The summed E-state index contributed by atoms with van der Waals surface area (Å²) in [5.74, 6) is -1.55. The number of nitrogens with zero attached hydrogens (tertiary/aromatic N) is 2. The Morgan fingerprint density at radius 1 is 1.19 bits per heavy atom. The van der Waals surface area contributed by atoms with E-state index < -0.39 is 29.7 Å². The first kappa shape index (κ1) is 21.8.